The Balaban J connectivity index is 1.46. The van der Waals surface area contributed by atoms with Crippen LogP contribution >= 0.6 is 0 Å². The van der Waals surface area contributed by atoms with Crippen LogP contribution in [0.3, 0.4) is 0 Å². The van der Waals surface area contributed by atoms with Gasteiger partial charge in [-0.2, -0.15) is 4.39 Å². The SMILES string of the molecule is CCCC1CCC2C(C3CC=C(c4ccc(OC)c(F)c4F)CC3)=CCC12. The predicted molar refractivity (Wildman–Crippen MR) is 106 cm³/mol. The summed E-state index contributed by atoms with van der Waals surface area (Å²) in [5.41, 5.74) is 3.01. The van der Waals surface area contributed by atoms with Gasteiger partial charge in [0.25, 0.3) is 0 Å². The van der Waals surface area contributed by atoms with Gasteiger partial charge < -0.3 is 4.74 Å². The number of rotatable bonds is 5. The summed E-state index contributed by atoms with van der Waals surface area (Å²) in [6.07, 6.45) is 14.2. The van der Waals surface area contributed by atoms with Gasteiger partial charge in [0.1, 0.15) is 0 Å². The molecular formula is C24H30F2O. The summed E-state index contributed by atoms with van der Waals surface area (Å²) in [5.74, 6) is 1.48. The molecule has 0 spiro atoms. The van der Waals surface area contributed by atoms with Gasteiger partial charge in [0.05, 0.1) is 7.11 Å². The Morgan fingerprint density at radius 2 is 1.89 bits per heavy atom. The van der Waals surface area contributed by atoms with Crippen molar-refractivity contribution in [2.24, 2.45) is 23.7 Å². The smallest absolute Gasteiger partial charge is 0.201 e. The molecule has 4 rings (SSSR count). The number of hydrogen-bond donors (Lipinski definition) is 0. The second kappa shape index (κ2) is 7.77. The maximum absolute atomic E-state index is 14.4. The van der Waals surface area contributed by atoms with Crippen molar-refractivity contribution >= 4 is 5.57 Å². The average Bonchev–Trinajstić information content (AvgIpc) is 3.28. The van der Waals surface area contributed by atoms with Crippen LogP contribution < -0.4 is 4.74 Å². The fourth-order valence-electron chi connectivity index (χ4n) is 5.86. The predicted octanol–water partition coefficient (Wildman–Crippen LogP) is 6.93. The Labute approximate surface area is 161 Å². The highest BCUT2D eigenvalue weighted by atomic mass is 19.2. The molecule has 3 aliphatic rings. The first-order valence-corrected chi connectivity index (χ1v) is 10.5. The molecule has 3 aliphatic carbocycles. The van der Waals surface area contributed by atoms with E-state index in [1.54, 1.807) is 11.6 Å². The van der Waals surface area contributed by atoms with Gasteiger partial charge in [-0.05, 0) is 79.9 Å². The quantitative estimate of drug-likeness (QED) is 0.509. The highest BCUT2D eigenvalue weighted by molar-refractivity contribution is 5.67. The molecular weight excluding hydrogens is 342 g/mol. The van der Waals surface area contributed by atoms with Crippen LogP contribution in [0.1, 0.15) is 63.9 Å². The standard InChI is InChI=1S/C24H30F2O/c1-3-4-15-9-10-21-18(15)11-12-19(21)16-5-7-17(8-6-16)20-13-14-22(27-2)24(26)23(20)25/h7,12-16,18,21H,3-6,8-11H2,1-2H3. The molecule has 0 bridgehead atoms. The van der Waals surface area contributed by atoms with Gasteiger partial charge in [-0.25, -0.2) is 4.39 Å². The van der Waals surface area contributed by atoms with E-state index in [0.717, 1.165) is 42.6 Å². The summed E-state index contributed by atoms with van der Waals surface area (Å²) in [5, 5.41) is 0. The Kier molecular flexibility index (Phi) is 5.39. The molecule has 1 saturated carbocycles. The van der Waals surface area contributed by atoms with E-state index in [-0.39, 0.29) is 5.75 Å². The van der Waals surface area contributed by atoms with E-state index < -0.39 is 11.6 Å². The maximum Gasteiger partial charge on any atom is 0.201 e. The lowest BCUT2D eigenvalue weighted by molar-refractivity contribution is 0.329. The molecule has 1 fully saturated rings. The van der Waals surface area contributed by atoms with E-state index in [2.05, 4.69) is 19.1 Å². The van der Waals surface area contributed by atoms with E-state index >= 15 is 0 Å². The van der Waals surface area contributed by atoms with E-state index in [1.165, 1.54) is 45.3 Å². The van der Waals surface area contributed by atoms with Gasteiger partial charge in [-0.3, -0.25) is 0 Å². The Morgan fingerprint density at radius 1 is 1.04 bits per heavy atom. The minimum Gasteiger partial charge on any atom is -0.494 e. The van der Waals surface area contributed by atoms with Gasteiger partial charge >= 0.3 is 0 Å². The van der Waals surface area contributed by atoms with Crippen LogP contribution in [0.5, 0.6) is 5.75 Å². The lowest BCUT2D eigenvalue weighted by Crippen LogP contribution is -2.17. The van der Waals surface area contributed by atoms with Crippen molar-refractivity contribution in [3.05, 3.63) is 47.1 Å². The molecule has 4 unspecified atom stereocenters. The normalized spacial score (nSPS) is 30.1. The van der Waals surface area contributed by atoms with Gasteiger partial charge in [0.2, 0.25) is 5.82 Å². The lowest BCUT2D eigenvalue weighted by Gasteiger charge is -2.28. The Bertz CT molecular complexity index is 764. The molecule has 3 heteroatoms. The summed E-state index contributed by atoms with van der Waals surface area (Å²) >= 11 is 0. The second-order valence-electron chi connectivity index (χ2n) is 8.48. The average molecular weight is 372 g/mol. The van der Waals surface area contributed by atoms with E-state index in [4.69, 9.17) is 4.74 Å². The third-order valence-corrected chi connectivity index (χ3v) is 7.18. The van der Waals surface area contributed by atoms with Crippen LogP contribution in [0, 0.1) is 35.3 Å². The minimum absolute atomic E-state index is 0.0319. The van der Waals surface area contributed by atoms with Crippen molar-refractivity contribution in [1.29, 1.82) is 0 Å². The van der Waals surface area contributed by atoms with Crippen molar-refractivity contribution in [3.63, 3.8) is 0 Å². The first kappa shape index (κ1) is 18.7. The van der Waals surface area contributed by atoms with E-state index in [1.807, 2.05) is 0 Å². The van der Waals surface area contributed by atoms with Crippen molar-refractivity contribution in [1.82, 2.24) is 0 Å². The van der Waals surface area contributed by atoms with Gasteiger partial charge in [0, 0.05) is 5.56 Å². The van der Waals surface area contributed by atoms with Crippen LogP contribution in [0.15, 0.2) is 29.9 Å². The van der Waals surface area contributed by atoms with E-state index in [0.29, 0.717) is 11.5 Å². The van der Waals surface area contributed by atoms with Crippen LogP contribution in [0.25, 0.3) is 5.57 Å². The molecule has 0 aliphatic heterocycles. The molecule has 1 nitrogen and oxygen atoms in total. The zero-order valence-corrected chi connectivity index (χ0v) is 16.4. The third-order valence-electron chi connectivity index (χ3n) is 7.18. The van der Waals surface area contributed by atoms with Gasteiger partial charge in [-0.15, -0.1) is 0 Å². The number of ether oxygens (including phenoxy) is 1. The fourth-order valence-corrected chi connectivity index (χ4v) is 5.86. The molecule has 1 aromatic carbocycles. The van der Waals surface area contributed by atoms with Crippen LogP contribution in [0.4, 0.5) is 8.78 Å². The number of allylic oxidation sites excluding steroid dienone is 4. The summed E-state index contributed by atoms with van der Waals surface area (Å²) in [7, 11) is 1.36. The molecule has 0 amide bonds. The molecule has 0 aromatic heterocycles. The monoisotopic (exact) mass is 372 g/mol. The number of halogens is 2. The van der Waals surface area contributed by atoms with Gasteiger partial charge in [-0.1, -0.05) is 37.5 Å². The minimum atomic E-state index is -0.882. The number of benzene rings is 1. The summed E-state index contributed by atoms with van der Waals surface area (Å²) in [6.45, 7) is 2.30. The highest BCUT2D eigenvalue weighted by Crippen LogP contribution is 2.53. The van der Waals surface area contributed by atoms with Crippen LogP contribution in [-0.4, -0.2) is 7.11 Å². The Morgan fingerprint density at radius 3 is 2.59 bits per heavy atom. The third kappa shape index (κ3) is 3.34. The summed E-state index contributed by atoms with van der Waals surface area (Å²) < 4.78 is 33.3. The van der Waals surface area contributed by atoms with Crippen LogP contribution in [0.2, 0.25) is 0 Å². The molecule has 0 saturated heterocycles. The first-order chi connectivity index (χ1) is 13.1. The first-order valence-electron chi connectivity index (χ1n) is 10.5. The molecule has 0 heterocycles. The number of hydrogen-bond acceptors (Lipinski definition) is 1. The molecule has 27 heavy (non-hydrogen) atoms. The largest absolute Gasteiger partial charge is 0.494 e. The molecule has 0 N–H and O–H groups in total. The number of methoxy groups -OCH3 is 1. The highest BCUT2D eigenvalue weighted by Gasteiger charge is 2.42. The topological polar surface area (TPSA) is 9.23 Å². The van der Waals surface area contributed by atoms with Crippen molar-refractivity contribution in [2.75, 3.05) is 7.11 Å². The summed E-state index contributed by atoms with van der Waals surface area (Å²) in [6, 6.07) is 3.18. The molecule has 0 radical (unpaired) electrons. The summed E-state index contributed by atoms with van der Waals surface area (Å²) in [4.78, 5) is 0. The Hall–Kier alpha value is -1.64. The van der Waals surface area contributed by atoms with Gasteiger partial charge in [0.15, 0.2) is 11.6 Å². The van der Waals surface area contributed by atoms with Crippen molar-refractivity contribution in [2.45, 2.75) is 58.3 Å². The molecule has 146 valence electrons. The lowest BCUT2D eigenvalue weighted by atomic mass is 9.77. The van der Waals surface area contributed by atoms with Crippen LogP contribution in [-0.2, 0) is 0 Å². The second-order valence-corrected chi connectivity index (χ2v) is 8.48. The maximum atomic E-state index is 14.4. The molecule has 4 atom stereocenters. The van der Waals surface area contributed by atoms with Crippen molar-refractivity contribution < 1.29 is 13.5 Å². The fraction of sp³-hybridized carbons (Fsp3) is 0.583. The zero-order valence-electron chi connectivity index (χ0n) is 16.4. The number of fused-ring (bicyclic) bond motifs is 1. The van der Waals surface area contributed by atoms with Crippen molar-refractivity contribution in [3.8, 4) is 5.75 Å². The molecule has 1 aromatic rings. The zero-order chi connectivity index (χ0) is 19.0. The van der Waals surface area contributed by atoms with E-state index in [9.17, 15) is 8.78 Å².